The zero-order valence-electron chi connectivity index (χ0n) is 9.27. The first-order valence-corrected chi connectivity index (χ1v) is 4.90. The van der Waals surface area contributed by atoms with Crippen molar-refractivity contribution in [1.82, 2.24) is 0 Å². The number of rotatable bonds is 3. The molecule has 0 amide bonds. The van der Waals surface area contributed by atoms with Crippen LogP contribution in [0.3, 0.4) is 0 Å². The van der Waals surface area contributed by atoms with Gasteiger partial charge in [0.05, 0.1) is 19.9 Å². The highest BCUT2D eigenvalue weighted by atomic mass is 19.4. The Morgan fingerprint density at radius 3 is 2.72 bits per heavy atom. The average molecular weight is 262 g/mol. The average Bonchev–Trinajstić information content (AvgIpc) is 2.80. The van der Waals surface area contributed by atoms with Crippen LogP contribution in [0.25, 0.3) is 0 Å². The molecule has 0 radical (unpaired) electrons. The first-order valence-electron chi connectivity index (χ1n) is 4.90. The summed E-state index contributed by atoms with van der Waals surface area (Å²) in [6.45, 7) is 0.311. The van der Waals surface area contributed by atoms with E-state index in [9.17, 15) is 13.2 Å². The van der Waals surface area contributed by atoms with E-state index in [0.29, 0.717) is 18.0 Å². The van der Waals surface area contributed by atoms with E-state index in [2.05, 4.69) is 9.89 Å². The highest BCUT2D eigenvalue weighted by Gasteiger charge is 2.31. The molecule has 98 valence electrons. The summed E-state index contributed by atoms with van der Waals surface area (Å²) in [5, 5.41) is 4.78. The molecule has 0 aromatic heterocycles. The molecule has 0 fully saturated rings. The first kappa shape index (κ1) is 12.3. The van der Waals surface area contributed by atoms with Gasteiger partial charge in [0.25, 0.3) is 0 Å². The lowest BCUT2D eigenvalue weighted by molar-refractivity contribution is -0.274. The molecule has 1 heterocycles. The van der Waals surface area contributed by atoms with Crippen LogP contribution in [0.4, 0.5) is 18.9 Å². The Kier molecular flexibility index (Phi) is 3.17. The van der Waals surface area contributed by atoms with Crippen molar-refractivity contribution in [2.75, 3.05) is 18.7 Å². The second-order valence-electron chi connectivity index (χ2n) is 3.31. The van der Waals surface area contributed by atoms with Gasteiger partial charge >= 0.3 is 6.36 Å². The number of hydrogen-bond donors (Lipinski definition) is 0. The normalized spacial score (nSPS) is 14.6. The maximum absolute atomic E-state index is 12.1. The van der Waals surface area contributed by atoms with Crippen molar-refractivity contribution in [2.45, 2.75) is 6.36 Å². The van der Waals surface area contributed by atoms with E-state index in [1.165, 1.54) is 30.5 Å². The smallest absolute Gasteiger partial charge is 0.494 e. The quantitative estimate of drug-likeness (QED) is 0.838. The lowest BCUT2D eigenvalue weighted by Gasteiger charge is -2.18. The van der Waals surface area contributed by atoms with E-state index in [1.54, 1.807) is 0 Å². The number of anilines is 1. The van der Waals surface area contributed by atoms with Crippen molar-refractivity contribution in [1.29, 1.82) is 0 Å². The summed E-state index contributed by atoms with van der Waals surface area (Å²) >= 11 is 0. The third-order valence-corrected chi connectivity index (χ3v) is 2.12. The molecule has 0 bridgehead atoms. The van der Waals surface area contributed by atoms with Gasteiger partial charge in [-0.3, -0.25) is 4.94 Å². The van der Waals surface area contributed by atoms with E-state index in [1.807, 2.05) is 0 Å². The Morgan fingerprint density at radius 2 is 2.17 bits per heavy atom. The largest absolute Gasteiger partial charge is 0.573 e. The Morgan fingerprint density at radius 1 is 1.39 bits per heavy atom. The molecule has 8 heteroatoms. The second kappa shape index (κ2) is 4.63. The lowest BCUT2D eigenvalue weighted by Crippen LogP contribution is -2.20. The fraction of sp³-hybridized carbons (Fsp3) is 0.300. The lowest BCUT2D eigenvalue weighted by atomic mass is 10.2. The molecular formula is C10H9F3N2O3. The van der Waals surface area contributed by atoms with E-state index < -0.39 is 6.36 Å². The molecule has 0 aliphatic carbocycles. The number of methoxy groups -OCH3 is 1. The number of ether oxygens (including phenoxy) is 2. The Balaban J connectivity index is 2.27. The van der Waals surface area contributed by atoms with E-state index in [0.717, 1.165) is 6.07 Å². The molecule has 2 rings (SSSR count). The number of hydrogen-bond acceptors (Lipinski definition) is 5. The Labute approximate surface area is 100 Å². The highest BCUT2D eigenvalue weighted by Crippen LogP contribution is 2.35. The van der Waals surface area contributed by atoms with E-state index in [-0.39, 0.29) is 5.75 Å². The summed E-state index contributed by atoms with van der Waals surface area (Å²) in [5.41, 5.74) is 0.303. The van der Waals surface area contributed by atoms with Gasteiger partial charge in [-0.2, -0.15) is 5.06 Å². The van der Waals surface area contributed by atoms with Crippen LogP contribution in [0.1, 0.15) is 0 Å². The van der Waals surface area contributed by atoms with Gasteiger partial charge < -0.3 is 9.47 Å². The molecule has 0 unspecified atom stereocenters. The third-order valence-electron chi connectivity index (χ3n) is 2.12. The molecule has 1 aliphatic heterocycles. The summed E-state index contributed by atoms with van der Waals surface area (Å²) in [6, 6.07) is 3.69. The molecule has 1 aromatic carbocycles. The number of nitrogens with zero attached hydrogens (tertiary/aromatic N) is 2. The molecule has 0 atom stereocenters. The van der Waals surface area contributed by atoms with Crippen LogP contribution in [0, 0.1) is 0 Å². The summed E-state index contributed by atoms with van der Waals surface area (Å²) in [7, 11) is 1.40. The maximum Gasteiger partial charge on any atom is 0.573 e. The molecule has 0 saturated heterocycles. The van der Waals surface area contributed by atoms with Crippen molar-refractivity contribution >= 4 is 11.9 Å². The third kappa shape index (κ3) is 2.76. The van der Waals surface area contributed by atoms with Crippen LogP contribution in [-0.2, 0) is 4.94 Å². The first-order chi connectivity index (χ1) is 8.49. The predicted octanol–water partition coefficient (Wildman–Crippen LogP) is 2.33. The predicted molar refractivity (Wildman–Crippen MR) is 56.6 cm³/mol. The minimum absolute atomic E-state index is 0.303. The summed E-state index contributed by atoms with van der Waals surface area (Å²) in [6.07, 6.45) is -3.27. The SMILES string of the molecule is COc1ccc(OC(F)(F)F)cc1N1CC=NO1. The molecule has 18 heavy (non-hydrogen) atoms. The van der Waals surface area contributed by atoms with Crippen molar-refractivity contribution in [3.05, 3.63) is 18.2 Å². The van der Waals surface area contributed by atoms with E-state index >= 15 is 0 Å². The number of alkyl halides is 3. The fourth-order valence-corrected chi connectivity index (χ4v) is 1.44. The van der Waals surface area contributed by atoms with Gasteiger partial charge in [0.15, 0.2) is 0 Å². The van der Waals surface area contributed by atoms with Gasteiger partial charge in [-0.25, -0.2) is 0 Å². The number of halogens is 3. The summed E-state index contributed by atoms with van der Waals surface area (Å²) in [5.74, 6) is 0.00354. The topological polar surface area (TPSA) is 43.3 Å². The molecule has 5 nitrogen and oxygen atoms in total. The van der Waals surface area contributed by atoms with Crippen LogP contribution in [-0.4, -0.2) is 26.2 Å². The van der Waals surface area contributed by atoms with Crippen molar-refractivity contribution in [3.63, 3.8) is 0 Å². The van der Waals surface area contributed by atoms with Crippen LogP contribution in [0.2, 0.25) is 0 Å². The zero-order valence-corrected chi connectivity index (χ0v) is 9.27. The van der Waals surface area contributed by atoms with Crippen LogP contribution in [0.5, 0.6) is 11.5 Å². The highest BCUT2D eigenvalue weighted by molar-refractivity contribution is 5.70. The van der Waals surface area contributed by atoms with Gasteiger partial charge in [-0.05, 0) is 12.1 Å². The maximum atomic E-state index is 12.1. The van der Waals surface area contributed by atoms with Crippen LogP contribution >= 0.6 is 0 Å². The molecule has 0 saturated carbocycles. The molecule has 1 aromatic rings. The van der Waals surface area contributed by atoms with Crippen LogP contribution in [0.15, 0.2) is 23.4 Å². The Bertz CT molecular complexity index is 454. The van der Waals surface area contributed by atoms with Gasteiger partial charge in [-0.1, -0.05) is 5.16 Å². The standard InChI is InChI=1S/C10H9F3N2O3/c1-16-9-3-2-7(17-10(11,12)13)6-8(9)15-5-4-14-18-15/h2-4,6H,5H2,1H3. The monoisotopic (exact) mass is 262 g/mol. The van der Waals surface area contributed by atoms with Crippen molar-refractivity contribution in [2.24, 2.45) is 5.16 Å². The Hall–Kier alpha value is -2.12. The van der Waals surface area contributed by atoms with Gasteiger partial charge in [-0.15, -0.1) is 13.2 Å². The van der Waals surface area contributed by atoms with Gasteiger partial charge in [0, 0.05) is 6.07 Å². The van der Waals surface area contributed by atoms with Gasteiger partial charge in [0.2, 0.25) is 0 Å². The van der Waals surface area contributed by atoms with Crippen molar-refractivity contribution in [3.8, 4) is 11.5 Å². The van der Waals surface area contributed by atoms with Gasteiger partial charge in [0.1, 0.15) is 17.2 Å². The number of benzene rings is 1. The van der Waals surface area contributed by atoms with Crippen LogP contribution < -0.4 is 14.5 Å². The van der Waals surface area contributed by atoms with E-state index in [4.69, 9.17) is 9.68 Å². The minimum Gasteiger partial charge on any atom is -0.494 e. The minimum atomic E-state index is -4.74. The fourth-order valence-electron chi connectivity index (χ4n) is 1.44. The number of hydroxylamine groups is 1. The number of oxime groups is 1. The molecule has 1 aliphatic rings. The second-order valence-corrected chi connectivity index (χ2v) is 3.31. The van der Waals surface area contributed by atoms with Crippen molar-refractivity contribution < 1.29 is 27.6 Å². The summed E-state index contributed by atoms with van der Waals surface area (Å²) < 4.78 is 45.2. The molecule has 0 spiro atoms. The summed E-state index contributed by atoms with van der Waals surface area (Å²) in [4.78, 5) is 4.85. The zero-order chi connectivity index (χ0) is 13.2. The molecule has 0 N–H and O–H groups in total. The molecular weight excluding hydrogens is 253 g/mol.